The molecule has 6 atom stereocenters. The van der Waals surface area contributed by atoms with Crippen LogP contribution in [-0.4, -0.2) is 114 Å². The lowest BCUT2D eigenvalue weighted by atomic mass is 9.73. The van der Waals surface area contributed by atoms with E-state index in [0.29, 0.717) is 45.2 Å². The van der Waals surface area contributed by atoms with Gasteiger partial charge in [0, 0.05) is 43.4 Å². The highest BCUT2D eigenvalue weighted by Gasteiger charge is 2.85. The Kier molecular flexibility index (Phi) is 12.2. The third-order valence-corrected chi connectivity index (χ3v) is 17.6. The van der Waals surface area contributed by atoms with Gasteiger partial charge >= 0.3 is 10.2 Å². The van der Waals surface area contributed by atoms with Gasteiger partial charge in [0.1, 0.15) is 23.3 Å². The number of amides is 5. The average Bonchev–Trinajstić information content (AvgIpc) is 3.64. The summed E-state index contributed by atoms with van der Waals surface area (Å²) in [7, 11) is -4.14. The number of alkyl halides is 2. The predicted octanol–water partition coefficient (Wildman–Crippen LogP) is 4.28. The standard InChI is InChI=1S/C44H67F2N7O7S/c1-8-30-23-44(30,39(58)50-61(59,60)51-21-12-13-22-51)49-36(55)32-24-42(40(6,7)41(42)18-14-19-41)25-53(32)38(57)33(27(2)3)47-37(56)34(29-15-10-9-11-16-29)48-35(54)31-17-20-43(45,46)26-52(31)28(4)5/h8,27-28,30-33H,1,9-26H2,2-7H3,(H,47,56)(H,48,54)(H,49,55)(H,50,58). The number of carbonyl (C=O) groups excluding carboxylic acids is 5. The van der Waals surface area contributed by atoms with E-state index in [-0.39, 0.29) is 47.4 Å². The van der Waals surface area contributed by atoms with Crippen molar-refractivity contribution in [3.63, 3.8) is 0 Å². The first-order valence-electron chi connectivity index (χ1n) is 22.6. The molecule has 3 heterocycles. The fourth-order valence-corrected chi connectivity index (χ4v) is 13.3. The summed E-state index contributed by atoms with van der Waals surface area (Å²) in [5.74, 6) is -6.98. The molecule has 61 heavy (non-hydrogen) atoms. The number of rotatable bonds is 13. The van der Waals surface area contributed by atoms with Gasteiger partial charge in [-0.3, -0.25) is 28.9 Å². The molecule has 14 nitrogen and oxygen atoms in total. The van der Waals surface area contributed by atoms with E-state index < -0.39 is 94.1 Å². The van der Waals surface area contributed by atoms with Crippen molar-refractivity contribution in [3.05, 3.63) is 23.9 Å². The maximum Gasteiger partial charge on any atom is 0.303 e. The summed E-state index contributed by atoms with van der Waals surface area (Å²) in [6.07, 6.45) is 9.54. The Morgan fingerprint density at radius 2 is 1.49 bits per heavy atom. The highest BCUT2D eigenvalue weighted by molar-refractivity contribution is 7.87. The fourth-order valence-electron chi connectivity index (χ4n) is 12.0. The molecule has 4 N–H and O–H groups in total. The maximum atomic E-state index is 15.1. The molecule has 6 unspecified atom stereocenters. The van der Waals surface area contributed by atoms with Gasteiger partial charge in [0.15, 0.2) is 0 Å². The molecule has 5 amide bonds. The number of nitrogens with zero attached hydrogens (tertiary/aromatic N) is 3. The molecular formula is C44H67F2N7O7S. The van der Waals surface area contributed by atoms with Crippen molar-refractivity contribution in [1.82, 2.24) is 34.8 Å². The molecule has 0 aromatic rings. The Labute approximate surface area is 360 Å². The largest absolute Gasteiger partial charge is 0.339 e. The lowest BCUT2D eigenvalue weighted by Gasteiger charge is -2.41. The van der Waals surface area contributed by atoms with Gasteiger partial charge in [-0.25, -0.2) is 13.5 Å². The summed E-state index contributed by atoms with van der Waals surface area (Å²) in [5, 5.41) is 8.72. The van der Waals surface area contributed by atoms with Crippen LogP contribution in [0.3, 0.4) is 0 Å². The first kappa shape index (κ1) is 45.6. The van der Waals surface area contributed by atoms with Gasteiger partial charge in [-0.05, 0) is 107 Å². The van der Waals surface area contributed by atoms with Crippen LogP contribution in [0, 0.1) is 28.1 Å². The normalized spacial score (nSPS) is 32.0. The van der Waals surface area contributed by atoms with Gasteiger partial charge in [0.2, 0.25) is 17.7 Å². The summed E-state index contributed by atoms with van der Waals surface area (Å²) in [4.78, 5) is 75.1. The van der Waals surface area contributed by atoms with Crippen molar-refractivity contribution in [3.8, 4) is 0 Å². The van der Waals surface area contributed by atoms with Crippen molar-refractivity contribution in [1.29, 1.82) is 0 Å². The van der Waals surface area contributed by atoms with Gasteiger partial charge in [0.25, 0.3) is 17.7 Å². The highest BCUT2D eigenvalue weighted by atomic mass is 32.2. The van der Waals surface area contributed by atoms with Crippen molar-refractivity contribution in [2.45, 2.75) is 167 Å². The van der Waals surface area contributed by atoms with Gasteiger partial charge in [-0.2, -0.15) is 12.7 Å². The van der Waals surface area contributed by atoms with Crippen LogP contribution in [0.1, 0.15) is 131 Å². The Morgan fingerprint density at radius 3 is 2.03 bits per heavy atom. The van der Waals surface area contributed by atoms with Crippen molar-refractivity contribution in [2.75, 3.05) is 26.2 Å². The Balaban J connectivity index is 1.14. The van der Waals surface area contributed by atoms with E-state index in [9.17, 15) is 36.4 Å². The van der Waals surface area contributed by atoms with Crippen molar-refractivity contribution >= 4 is 39.7 Å². The van der Waals surface area contributed by atoms with E-state index in [1.807, 2.05) is 0 Å². The van der Waals surface area contributed by atoms with E-state index in [2.05, 4.69) is 41.1 Å². The summed E-state index contributed by atoms with van der Waals surface area (Å²) in [5.41, 5.74) is -1.42. The van der Waals surface area contributed by atoms with Gasteiger partial charge in [-0.15, -0.1) is 6.58 Å². The van der Waals surface area contributed by atoms with Crippen LogP contribution < -0.4 is 20.7 Å². The molecule has 4 aliphatic carbocycles. The first-order valence-corrected chi connectivity index (χ1v) is 24.1. The molecule has 7 fully saturated rings. The number of hydrogen-bond donors (Lipinski definition) is 4. The monoisotopic (exact) mass is 875 g/mol. The average molecular weight is 876 g/mol. The molecule has 0 aromatic heterocycles. The van der Waals surface area contributed by atoms with Crippen molar-refractivity contribution < 1.29 is 41.2 Å². The second kappa shape index (κ2) is 16.3. The summed E-state index contributed by atoms with van der Waals surface area (Å²) in [6, 6.07) is -3.34. The topological polar surface area (TPSA) is 177 Å². The molecule has 17 heteroatoms. The van der Waals surface area contributed by atoms with Crippen LogP contribution in [0.15, 0.2) is 23.9 Å². The van der Waals surface area contributed by atoms with Gasteiger partial charge in [0.05, 0.1) is 12.6 Å². The van der Waals surface area contributed by atoms with E-state index in [1.165, 1.54) is 15.3 Å². The SMILES string of the molecule is C=CC1CC1(NC(=O)C1CC2(CN1C(=O)C(NC(=O)C(NC(=O)C1CCC(F)(F)CN1C(C)C)=C1CCCCC1)C(C)C)C(C)(C)C21CCC1)C(=O)NS(=O)(=O)N1CCCC1. The molecule has 0 bridgehead atoms. The smallest absolute Gasteiger partial charge is 0.303 e. The molecule has 2 spiro atoms. The van der Waals surface area contributed by atoms with Crippen LogP contribution in [0.2, 0.25) is 0 Å². The van der Waals surface area contributed by atoms with Gasteiger partial charge < -0.3 is 20.9 Å². The number of likely N-dealkylation sites (tertiary alicyclic amines) is 2. The number of halogens is 2. The van der Waals surface area contributed by atoms with Crippen LogP contribution >= 0.6 is 0 Å². The number of nitrogens with one attached hydrogen (secondary N) is 4. The lowest BCUT2D eigenvalue weighted by molar-refractivity contribution is -0.143. The molecule has 7 rings (SSSR count). The molecule has 0 radical (unpaired) electrons. The van der Waals surface area contributed by atoms with E-state index in [1.54, 1.807) is 32.6 Å². The molecule has 4 saturated carbocycles. The van der Waals surface area contributed by atoms with Crippen LogP contribution in [-0.2, 0) is 34.2 Å². The first-order chi connectivity index (χ1) is 28.6. The summed E-state index contributed by atoms with van der Waals surface area (Å²) >= 11 is 0. The molecule has 3 saturated heterocycles. The summed E-state index contributed by atoms with van der Waals surface area (Å²) in [6.45, 7) is 15.6. The Bertz CT molecular complexity index is 1950. The molecule has 340 valence electrons. The van der Waals surface area contributed by atoms with Crippen LogP contribution in [0.25, 0.3) is 0 Å². The molecule has 7 aliphatic rings. The second-order valence-electron chi connectivity index (χ2n) is 20.3. The van der Waals surface area contributed by atoms with E-state index in [4.69, 9.17) is 0 Å². The maximum absolute atomic E-state index is 15.1. The second-order valence-corrected chi connectivity index (χ2v) is 21.9. The zero-order chi connectivity index (χ0) is 44.5. The van der Waals surface area contributed by atoms with E-state index >= 15 is 4.79 Å². The minimum absolute atomic E-state index is 0.0501. The number of allylic oxidation sites excluding steroid dienone is 1. The Morgan fingerprint density at radius 1 is 0.836 bits per heavy atom. The quantitative estimate of drug-likeness (QED) is 0.157. The third-order valence-electron chi connectivity index (χ3n) is 16.1. The fraction of sp³-hybridized carbons (Fsp3) is 0.795. The van der Waals surface area contributed by atoms with E-state index in [0.717, 1.165) is 44.1 Å². The molecule has 3 aliphatic heterocycles. The number of carbonyl (C=O) groups is 5. The van der Waals surface area contributed by atoms with Crippen molar-refractivity contribution in [2.24, 2.45) is 28.1 Å². The highest BCUT2D eigenvalue weighted by Crippen LogP contribution is 2.88. The predicted molar refractivity (Wildman–Crippen MR) is 224 cm³/mol. The zero-order valence-electron chi connectivity index (χ0n) is 36.8. The number of piperidine rings is 1. The molecular weight excluding hydrogens is 809 g/mol. The minimum Gasteiger partial charge on any atom is -0.339 e. The Hall–Kier alpha value is -3.44. The minimum atomic E-state index is -4.14. The zero-order valence-corrected chi connectivity index (χ0v) is 37.7. The number of hydrogen-bond acceptors (Lipinski definition) is 8. The van der Waals surface area contributed by atoms with Gasteiger partial charge in [-0.1, -0.05) is 46.6 Å². The van der Waals surface area contributed by atoms with Crippen LogP contribution in [0.4, 0.5) is 8.78 Å². The lowest BCUT2D eigenvalue weighted by Crippen LogP contribution is -2.60. The summed E-state index contributed by atoms with van der Waals surface area (Å²) < 4.78 is 58.8. The number of fused-ring (bicyclic) bond motifs is 1. The van der Waals surface area contributed by atoms with Crippen LogP contribution in [0.5, 0.6) is 0 Å². The molecule has 0 aromatic carbocycles. The third kappa shape index (κ3) is 7.84.